The third kappa shape index (κ3) is 3.34. The summed E-state index contributed by atoms with van der Waals surface area (Å²) in [7, 11) is 0. The molecule has 1 aromatic carbocycles. The van der Waals surface area contributed by atoms with E-state index in [2.05, 4.69) is 61.0 Å². The van der Waals surface area contributed by atoms with E-state index < -0.39 is 0 Å². The first-order chi connectivity index (χ1) is 7.22. The summed E-state index contributed by atoms with van der Waals surface area (Å²) in [4.78, 5) is 0.512. The Labute approximate surface area is 102 Å². The van der Waals surface area contributed by atoms with E-state index in [1.54, 1.807) is 0 Å². The van der Waals surface area contributed by atoms with Gasteiger partial charge in [0.1, 0.15) is 0 Å². The van der Waals surface area contributed by atoms with Crippen LogP contribution in [0.25, 0.3) is 0 Å². The first-order valence-corrected chi connectivity index (χ1v) is 6.87. The molecule has 1 aromatic rings. The van der Waals surface area contributed by atoms with Crippen molar-refractivity contribution in [2.75, 3.05) is 0 Å². The molecule has 0 aliphatic rings. The molecule has 0 aliphatic carbocycles. The van der Waals surface area contributed by atoms with Gasteiger partial charge < -0.3 is 0 Å². The Bertz CT molecular complexity index is 272. The highest BCUT2D eigenvalue weighted by Crippen LogP contribution is 2.34. The predicted molar refractivity (Wildman–Crippen MR) is 71.6 cm³/mol. The first-order valence-electron chi connectivity index (χ1n) is 5.95. The highest BCUT2D eigenvalue weighted by molar-refractivity contribution is 9.09. The molecule has 0 radical (unpaired) electrons. The molecule has 0 aromatic heterocycles. The lowest BCUT2D eigenvalue weighted by Gasteiger charge is -2.20. The van der Waals surface area contributed by atoms with E-state index in [0.717, 1.165) is 12.3 Å². The molecule has 0 bridgehead atoms. The van der Waals surface area contributed by atoms with E-state index >= 15 is 0 Å². The van der Waals surface area contributed by atoms with Gasteiger partial charge in [-0.05, 0) is 23.5 Å². The average Bonchev–Trinajstić information content (AvgIpc) is 2.30. The van der Waals surface area contributed by atoms with Crippen molar-refractivity contribution in [1.82, 2.24) is 0 Å². The van der Waals surface area contributed by atoms with Crippen molar-refractivity contribution in [1.29, 1.82) is 0 Å². The van der Waals surface area contributed by atoms with Gasteiger partial charge in [0.15, 0.2) is 0 Å². The fourth-order valence-corrected chi connectivity index (χ4v) is 2.96. The Hall–Kier alpha value is -0.300. The predicted octanol–water partition coefficient (Wildman–Crippen LogP) is 5.12. The van der Waals surface area contributed by atoms with Crippen molar-refractivity contribution < 1.29 is 0 Å². The van der Waals surface area contributed by atoms with Crippen LogP contribution in [0.15, 0.2) is 24.3 Å². The molecular weight excluding hydrogens is 248 g/mol. The van der Waals surface area contributed by atoms with Crippen LogP contribution in [0.4, 0.5) is 0 Å². The second kappa shape index (κ2) is 6.32. The normalized spacial score (nSPS) is 13.1. The van der Waals surface area contributed by atoms with E-state index in [0.29, 0.717) is 4.83 Å². The summed E-state index contributed by atoms with van der Waals surface area (Å²) in [5, 5.41) is 0. The summed E-state index contributed by atoms with van der Waals surface area (Å²) in [5.74, 6) is 0.748. The minimum absolute atomic E-state index is 0.512. The number of benzene rings is 1. The van der Waals surface area contributed by atoms with Crippen LogP contribution in [-0.4, -0.2) is 0 Å². The van der Waals surface area contributed by atoms with Gasteiger partial charge in [-0.2, -0.15) is 0 Å². The van der Waals surface area contributed by atoms with Crippen molar-refractivity contribution in [2.45, 2.75) is 44.9 Å². The third-order valence-corrected chi connectivity index (χ3v) is 4.45. The van der Waals surface area contributed by atoms with E-state index in [1.165, 1.54) is 24.0 Å². The third-order valence-electron chi connectivity index (χ3n) is 3.17. The number of hydrogen-bond acceptors (Lipinski definition) is 0. The van der Waals surface area contributed by atoms with Crippen LogP contribution < -0.4 is 0 Å². The number of aryl methyl sites for hydroxylation is 1. The lowest BCUT2D eigenvalue weighted by Crippen LogP contribution is -2.05. The molecule has 15 heavy (non-hydrogen) atoms. The maximum Gasteiger partial charge on any atom is 0.0423 e. The SMILES string of the molecule is CCc1ccc(C(Br)C(CC)CC)cc1. The van der Waals surface area contributed by atoms with E-state index in [4.69, 9.17) is 0 Å². The maximum absolute atomic E-state index is 3.82. The molecule has 1 heteroatoms. The summed E-state index contributed by atoms with van der Waals surface area (Å²) < 4.78 is 0. The van der Waals surface area contributed by atoms with Gasteiger partial charge in [-0.25, -0.2) is 0 Å². The topological polar surface area (TPSA) is 0 Å². The van der Waals surface area contributed by atoms with Crippen LogP contribution in [0.3, 0.4) is 0 Å². The van der Waals surface area contributed by atoms with Crippen LogP contribution in [0.5, 0.6) is 0 Å². The average molecular weight is 269 g/mol. The fraction of sp³-hybridized carbons (Fsp3) is 0.571. The van der Waals surface area contributed by atoms with Gasteiger partial charge in [-0.3, -0.25) is 0 Å². The molecule has 0 heterocycles. The summed E-state index contributed by atoms with van der Waals surface area (Å²) in [5.41, 5.74) is 2.84. The molecule has 0 N–H and O–H groups in total. The smallest absolute Gasteiger partial charge is 0.0423 e. The standard InChI is InChI=1S/C14H21Br/c1-4-11-7-9-13(10-8-11)14(15)12(5-2)6-3/h7-10,12,14H,4-6H2,1-3H3. The fourth-order valence-electron chi connectivity index (χ4n) is 1.91. The van der Waals surface area contributed by atoms with Gasteiger partial charge in [-0.15, -0.1) is 0 Å². The molecular formula is C14H21Br. The highest BCUT2D eigenvalue weighted by Gasteiger charge is 2.16. The zero-order valence-corrected chi connectivity index (χ0v) is 11.5. The van der Waals surface area contributed by atoms with E-state index in [9.17, 15) is 0 Å². The molecule has 84 valence electrons. The molecule has 0 fully saturated rings. The highest BCUT2D eigenvalue weighted by atomic mass is 79.9. The van der Waals surface area contributed by atoms with Crippen molar-refractivity contribution in [3.63, 3.8) is 0 Å². The maximum atomic E-state index is 3.82. The minimum Gasteiger partial charge on any atom is -0.0836 e. The monoisotopic (exact) mass is 268 g/mol. The van der Waals surface area contributed by atoms with E-state index in [1.807, 2.05) is 0 Å². The molecule has 1 atom stereocenters. The zero-order valence-electron chi connectivity index (χ0n) is 9.96. The Morgan fingerprint density at radius 1 is 1.00 bits per heavy atom. The van der Waals surface area contributed by atoms with Crippen molar-refractivity contribution in [2.24, 2.45) is 5.92 Å². The molecule has 0 aliphatic heterocycles. The minimum atomic E-state index is 0.512. The molecule has 1 unspecified atom stereocenters. The molecule has 0 saturated carbocycles. The van der Waals surface area contributed by atoms with Crippen molar-refractivity contribution in [3.8, 4) is 0 Å². The van der Waals surface area contributed by atoms with Gasteiger partial charge in [0, 0.05) is 4.83 Å². The summed E-state index contributed by atoms with van der Waals surface area (Å²) in [6.07, 6.45) is 3.60. The van der Waals surface area contributed by atoms with Crippen LogP contribution in [0.2, 0.25) is 0 Å². The van der Waals surface area contributed by atoms with Gasteiger partial charge in [0.05, 0.1) is 0 Å². The first kappa shape index (κ1) is 12.8. The molecule has 0 nitrogen and oxygen atoms in total. The Kier molecular flexibility index (Phi) is 5.38. The molecule has 1 rings (SSSR count). The Balaban J connectivity index is 2.76. The van der Waals surface area contributed by atoms with Crippen LogP contribution in [-0.2, 0) is 6.42 Å². The summed E-state index contributed by atoms with van der Waals surface area (Å²) in [6.45, 7) is 6.73. The van der Waals surface area contributed by atoms with Crippen LogP contribution >= 0.6 is 15.9 Å². The molecule has 0 saturated heterocycles. The lowest BCUT2D eigenvalue weighted by atomic mass is 9.94. The second-order valence-electron chi connectivity index (χ2n) is 4.07. The second-order valence-corrected chi connectivity index (χ2v) is 5.06. The summed E-state index contributed by atoms with van der Waals surface area (Å²) in [6, 6.07) is 9.01. The number of halogens is 1. The number of alkyl halides is 1. The van der Waals surface area contributed by atoms with Gasteiger partial charge in [-0.1, -0.05) is 73.8 Å². The largest absolute Gasteiger partial charge is 0.0836 e. The van der Waals surface area contributed by atoms with Gasteiger partial charge >= 0.3 is 0 Å². The Morgan fingerprint density at radius 3 is 1.93 bits per heavy atom. The summed E-state index contributed by atoms with van der Waals surface area (Å²) >= 11 is 3.82. The molecule has 0 spiro atoms. The van der Waals surface area contributed by atoms with Gasteiger partial charge in [0.25, 0.3) is 0 Å². The number of hydrogen-bond donors (Lipinski definition) is 0. The van der Waals surface area contributed by atoms with Crippen molar-refractivity contribution >= 4 is 15.9 Å². The number of rotatable bonds is 5. The van der Waals surface area contributed by atoms with Crippen LogP contribution in [0, 0.1) is 5.92 Å². The van der Waals surface area contributed by atoms with E-state index in [-0.39, 0.29) is 0 Å². The lowest BCUT2D eigenvalue weighted by molar-refractivity contribution is 0.487. The van der Waals surface area contributed by atoms with Gasteiger partial charge in [0.2, 0.25) is 0 Å². The quantitative estimate of drug-likeness (QED) is 0.651. The molecule has 0 amide bonds. The van der Waals surface area contributed by atoms with Crippen LogP contribution in [0.1, 0.15) is 49.6 Å². The Morgan fingerprint density at radius 2 is 1.53 bits per heavy atom. The zero-order chi connectivity index (χ0) is 11.3. The van der Waals surface area contributed by atoms with Crippen molar-refractivity contribution in [3.05, 3.63) is 35.4 Å².